The first-order valence-corrected chi connectivity index (χ1v) is 13.0. The summed E-state index contributed by atoms with van der Waals surface area (Å²) in [6.07, 6.45) is -4.48. The van der Waals surface area contributed by atoms with Crippen LogP contribution >= 0.6 is 11.8 Å². The molecule has 0 saturated heterocycles. The fraction of sp³-hybridized carbons (Fsp3) is 0.100. The number of amides is 1. The number of thioether (sulfide) groups is 1. The van der Waals surface area contributed by atoms with E-state index < -0.39 is 17.6 Å². The summed E-state index contributed by atoms with van der Waals surface area (Å²) in [5.74, 6) is 0.831. The predicted molar refractivity (Wildman–Crippen MR) is 147 cm³/mol. The first-order valence-electron chi connectivity index (χ1n) is 12.1. The van der Waals surface area contributed by atoms with Gasteiger partial charge in [-0.05, 0) is 55.0 Å². The minimum Gasteiger partial charge on any atom is -0.322 e. The van der Waals surface area contributed by atoms with Crippen molar-refractivity contribution in [2.75, 3.05) is 5.32 Å². The highest BCUT2D eigenvalue weighted by atomic mass is 32.2. The van der Waals surface area contributed by atoms with Crippen LogP contribution in [-0.2, 0) is 11.9 Å². The van der Waals surface area contributed by atoms with Crippen LogP contribution in [0.2, 0.25) is 0 Å². The molecule has 1 heterocycles. The summed E-state index contributed by atoms with van der Waals surface area (Å²) < 4.78 is 40.9. The van der Waals surface area contributed by atoms with Crippen molar-refractivity contribution in [2.24, 2.45) is 0 Å². The highest BCUT2D eigenvalue weighted by molar-refractivity contribution is 7.98. The van der Waals surface area contributed by atoms with Gasteiger partial charge in [0, 0.05) is 28.3 Å². The molecule has 5 aromatic rings. The number of aryl methyl sites for hydroxylation is 1. The molecule has 1 amide bonds. The lowest BCUT2D eigenvalue weighted by Gasteiger charge is -2.11. The van der Waals surface area contributed by atoms with Gasteiger partial charge in [0.15, 0.2) is 11.0 Å². The zero-order valence-corrected chi connectivity index (χ0v) is 21.6. The lowest BCUT2D eigenvalue weighted by Crippen LogP contribution is -2.13. The Morgan fingerprint density at radius 1 is 0.872 bits per heavy atom. The largest absolute Gasteiger partial charge is 0.416 e. The van der Waals surface area contributed by atoms with Crippen LogP contribution in [0, 0.1) is 6.92 Å². The maximum absolute atomic E-state index is 13.0. The monoisotopic (exact) mass is 544 g/mol. The van der Waals surface area contributed by atoms with Gasteiger partial charge in [-0.2, -0.15) is 13.2 Å². The van der Waals surface area contributed by atoms with Gasteiger partial charge in [-0.1, -0.05) is 78.0 Å². The number of anilines is 1. The molecule has 4 aromatic carbocycles. The van der Waals surface area contributed by atoms with Crippen LogP contribution in [0.4, 0.5) is 18.9 Å². The van der Waals surface area contributed by atoms with Crippen LogP contribution in [-0.4, -0.2) is 20.7 Å². The van der Waals surface area contributed by atoms with Gasteiger partial charge in [0.25, 0.3) is 5.91 Å². The number of carbonyl (C=O) groups excluding carboxylic acids is 1. The fourth-order valence-corrected chi connectivity index (χ4v) is 4.85. The van der Waals surface area contributed by atoms with Gasteiger partial charge in [0.1, 0.15) is 0 Å². The molecule has 0 aliphatic rings. The summed E-state index contributed by atoms with van der Waals surface area (Å²) in [6.45, 7) is 2.03. The minimum absolute atomic E-state index is 0.0825. The number of alkyl halides is 3. The number of benzene rings is 4. The van der Waals surface area contributed by atoms with E-state index >= 15 is 0 Å². The third-order valence-electron chi connectivity index (χ3n) is 5.99. The average Bonchev–Trinajstić information content (AvgIpc) is 3.37. The van der Waals surface area contributed by atoms with E-state index in [4.69, 9.17) is 0 Å². The van der Waals surface area contributed by atoms with Crippen molar-refractivity contribution in [3.05, 3.63) is 125 Å². The van der Waals surface area contributed by atoms with Crippen LogP contribution in [0.25, 0.3) is 17.1 Å². The highest BCUT2D eigenvalue weighted by Gasteiger charge is 2.30. The molecule has 196 valence electrons. The Hall–Kier alpha value is -4.37. The third kappa shape index (κ3) is 6.21. The topological polar surface area (TPSA) is 59.8 Å². The van der Waals surface area contributed by atoms with Crippen molar-refractivity contribution < 1.29 is 18.0 Å². The first-order chi connectivity index (χ1) is 18.8. The molecule has 1 N–H and O–H groups in total. The van der Waals surface area contributed by atoms with Gasteiger partial charge in [-0.25, -0.2) is 0 Å². The summed E-state index contributed by atoms with van der Waals surface area (Å²) in [5.41, 5.74) is 3.62. The molecule has 0 unspecified atom stereocenters. The van der Waals surface area contributed by atoms with Gasteiger partial charge in [0.05, 0.1) is 5.56 Å². The van der Waals surface area contributed by atoms with Crippen molar-refractivity contribution in [3.63, 3.8) is 0 Å². The molecule has 0 aliphatic heterocycles. The Balaban J connectivity index is 1.31. The molecule has 0 bridgehead atoms. The predicted octanol–water partition coefficient (Wildman–Crippen LogP) is 7.81. The zero-order valence-electron chi connectivity index (χ0n) is 20.8. The van der Waals surface area contributed by atoms with Gasteiger partial charge < -0.3 is 5.32 Å². The lowest BCUT2D eigenvalue weighted by atomic mass is 10.1. The number of aromatic nitrogens is 3. The Bertz CT molecular complexity index is 1580. The first kappa shape index (κ1) is 26.2. The van der Waals surface area contributed by atoms with Crippen LogP contribution in [0.3, 0.4) is 0 Å². The summed E-state index contributed by atoms with van der Waals surface area (Å²) >= 11 is 1.52. The van der Waals surface area contributed by atoms with E-state index in [1.54, 1.807) is 12.1 Å². The minimum atomic E-state index is -4.48. The van der Waals surface area contributed by atoms with Crippen molar-refractivity contribution >= 4 is 23.4 Å². The average molecular weight is 545 g/mol. The molecule has 0 spiro atoms. The SMILES string of the molecule is Cc1ccc(-n2c(SCc3ccc(C(=O)Nc4cccc(C(F)(F)F)c4)cc3)nnc2-c2ccccc2)cc1. The van der Waals surface area contributed by atoms with Gasteiger partial charge in [0.2, 0.25) is 0 Å². The van der Waals surface area contributed by atoms with Gasteiger partial charge in [-0.3, -0.25) is 9.36 Å². The van der Waals surface area contributed by atoms with E-state index in [9.17, 15) is 18.0 Å². The molecule has 0 fully saturated rings. The van der Waals surface area contributed by atoms with E-state index in [0.717, 1.165) is 45.5 Å². The normalized spacial score (nSPS) is 11.4. The number of nitrogens with zero attached hydrogens (tertiary/aromatic N) is 3. The molecule has 5 nitrogen and oxygen atoms in total. The highest BCUT2D eigenvalue weighted by Crippen LogP contribution is 2.32. The second-order valence-corrected chi connectivity index (χ2v) is 9.80. The molecule has 9 heteroatoms. The van der Waals surface area contributed by atoms with Crippen molar-refractivity contribution in [1.82, 2.24) is 14.8 Å². The van der Waals surface area contributed by atoms with E-state index in [2.05, 4.69) is 15.5 Å². The second-order valence-electron chi connectivity index (χ2n) is 8.86. The van der Waals surface area contributed by atoms with Crippen LogP contribution in [0.15, 0.2) is 108 Å². The van der Waals surface area contributed by atoms with Crippen LogP contribution < -0.4 is 5.32 Å². The number of halogens is 3. The number of hydrogen-bond donors (Lipinski definition) is 1. The third-order valence-corrected chi connectivity index (χ3v) is 6.99. The second kappa shape index (κ2) is 11.2. The summed E-state index contributed by atoms with van der Waals surface area (Å²) in [5, 5.41) is 12.2. The summed E-state index contributed by atoms with van der Waals surface area (Å²) in [6, 6.07) is 29.5. The van der Waals surface area contributed by atoms with E-state index in [-0.39, 0.29) is 5.69 Å². The molecular weight excluding hydrogens is 521 g/mol. The zero-order chi connectivity index (χ0) is 27.4. The Morgan fingerprint density at radius 3 is 2.28 bits per heavy atom. The molecular formula is C30H23F3N4OS. The van der Waals surface area contributed by atoms with Gasteiger partial charge >= 0.3 is 6.18 Å². The number of rotatable bonds is 7. The molecule has 39 heavy (non-hydrogen) atoms. The van der Waals surface area contributed by atoms with Crippen molar-refractivity contribution in [1.29, 1.82) is 0 Å². The molecule has 0 aliphatic carbocycles. The Kier molecular flexibility index (Phi) is 7.51. The lowest BCUT2D eigenvalue weighted by molar-refractivity contribution is -0.137. The smallest absolute Gasteiger partial charge is 0.322 e. The molecule has 0 saturated carbocycles. The maximum Gasteiger partial charge on any atom is 0.416 e. The van der Waals surface area contributed by atoms with E-state index in [0.29, 0.717) is 11.3 Å². The molecule has 1 aromatic heterocycles. The van der Waals surface area contributed by atoms with E-state index in [1.165, 1.54) is 23.9 Å². The van der Waals surface area contributed by atoms with E-state index in [1.807, 2.05) is 78.2 Å². The van der Waals surface area contributed by atoms with Crippen molar-refractivity contribution in [3.8, 4) is 17.1 Å². The number of nitrogens with one attached hydrogen (secondary N) is 1. The molecule has 5 rings (SSSR count). The number of carbonyl (C=O) groups is 1. The standard InChI is InChI=1S/C30H23F3N4OS/c1-20-10-16-26(17-11-20)37-27(22-6-3-2-4-7-22)35-36-29(37)39-19-21-12-14-23(15-13-21)28(38)34-25-9-5-8-24(18-25)30(31,32)33/h2-18H,19H2,1H3,(H,34,38). The number of hydrogen-bond acceptors (Lipinski definition) is 4. The fourth-order valence-electron chi connectivity index (χ4n) is 3.94. The summed E-state index contributed by atoms with van der Waals surface area (Å²) in [7, 11) is 0. The van der Waals surface area contributed by atoms with Gasteiger partial charge in [-0.15, -0.1) is 10.2 Å². The molecule has 0 atom stereocenters. The maximum atomic E-state index is 13.0. The molecule has 0 radical (unpaired) electrons. The van der Waals surface area contributed by atoms with Crippen LogP contribution in [0.5, 0.6) is 0 Å². The Morgan fingerprint density at radius 2 is 1.59 bits per heavy atom. The quantitative estimate of drug-likeness (QED) is 0.212. The summed E-state index contributed by atoms with van der Waals surface area (Å²) in [4.78, 5) is 12.6. The van der Waals surface area contributed by atoms with Crippen molar-refractivity contribution in [2.45, 2.75) is 24.0 Å². The Labute approximate surface area is 227 Å². The van der Waals surface area contributed by atoms with Crippen LogP contribution in [0.1, 0.15) is 27.0 Å².